The molecule has 2 atom stereocenters. The summed E-state index contributed by atoms with van der Waals surface area (Å²) in [6.45, 7) is 4.94. The zero-order valence-corrected chi connectivity index (χ0v) is 16.8. The molecule has 8 heteroatoms. The fourth-order valence-electron chi connectivity index (χ4n) is 3.22. The maximum atomic E-state index is 11.6. The van der Waals surface area contributed by atoms with Gasteiger partial charge in [-0.25, -0.2) is 4.99 Å². The van der Waals surface area contributed by atoms with Crippen LogP contribution in [0.1, 0.15) is 48.3 Å². The number of anilines is 1. The van der Waals surface area contributed by atoms with Gasteiger partial charge in [0.2, 0.25) is 5.96 Å². The molecule has 0 unspecified atom stereocenters. The van der Waals surface area contributed by atoms with E-state index in [1.54, 1.807) is 56.3 Å². The molecule has 8 nitrogen and oxygen atoms in total. The zero-order valence-electron chi connectivity index (χ0n) is 16.8. The van der Waals surface area contributed by atoms with Crippen molar-refractivity contribution >= 4 is 17.4 Å². The number of aliphatic hydroxyl groups is 1. The van der Waals surface area contributed by atoms with E-state index in [-0.39, 0.29) is 11.7 Å². The van der Waals surface area contributed by atoms with Crippen LogP contribution in [0.2, 0.25) is 0 Å². The normalized spacial score (nSPS) is 19.5. The first-order valence-corrected chi connectivity index (χ1v) is 9.27. The first kappa shape index (κ1) is 20.8. The van der Waals surface area contributed by atoms with Crippen molar-refractivity contribution in [3.63, 3.8) is 0 Å². The lowest BCUT2D eigenvalue weighted by Gasteiger charge is -2.40. The summed E-state index contributed by atoms with van der Waals surface area (Å²) in [5, 5.41) is 34.8. The van der Waals surface area contributed by atoms with Crippen LogP contribution >= 0.6 is 0 Å². The number of ketones is 1. The second-order valence-electron chi connectivity index (χ2n) is 7.44. The van der Waals surface area contributed by atoms with Crippen LogP contribution in [0.25, 0.3) is 0 Å². The van der Waals surface area contributed by atoms with Crippen LogP contribution in [0, 0.1) is 22.8 Å². The van der Waals surface area contributed by atoms with E-state index in [9.17, 15) is 15.2 Å². The highest BCUT2D eigenvalue weighted by molar-refractivity contribution is 5.98. The number of fused-ring (bicyclic) bond motifs is 1. The van der Waals surface area contributed by atoms with E-state index >= 15 is 0 Å². The number of aliphatic imine (C=N–C) groups is 1. The van der Waals surface area contributed by atoms with E-state index in [0.717, 1.165) is 0 Å². The summed E-state index contributed by atoms with van der Waals surface area (Å²) < 4.78 is 5.89. The van der Waals surface area contributed by atoms with Crippen molar-refractivity contribution in [3.05, 3.63) is 59.2 Å². The standard InChI is InChI=1S/C22H21N5O3/c1-13(28)15-5-4-6-16(10-15)26-21(25-12-24)27-19-17-9-14(11-23)7-8-18(17)30-22(2,3)20(19)29/h4-10,19-20,29H,1-3H3,(H2,25,26,27)/t19-,20+/m1/s1. The van der Waals surface area contributed by atoms with Gasteiger partial charge in [-0.2, -0.15) is 10.5 Å². The number of hydrogen-bond donors (Lipinski definition) is 3. The van der Waals surface area contributed by atoms with Gasteiger partial charge in [0.05, 0.1) is 11.6 Å². The molecule has 0 fully saturated rings. The van der Waals surface area contributed by atoms with Crippen LogP contribution < -0.4 is 15.4 Å². The number of nitrogens with zero attached hydrogens (tertiary/aromatic N) is 3. The molecule has 0 radical (unpaired) electrons. The first-order valence-electron chi connectivity index (χ1n) is 9.27. The predicted octanol–water partition coefficient (Wildman–Crippen LogP) is 2.87. The fraction of sp³-hybridized carbons (Fsp3) is 0.273. The molecule has 3 rings (SSSR count). The molecule has 0 spiro atoms. The molecular weight excluding hydrogens is 382 g/mol. The van der Waals surface area contributed by atoms with Crippen molar-refractivity contribution in [2.24, 2.45) is 4.99 Å². The Labute approximate surface area is 174 Å². The van der Waals surface area contributed by atoms with Gasteiger partial charge in [0.15, 0.2) is 12.0 Å². The summed E-state index contributed by atoms with van der Waals surface area (Å²) in [7, 11) is 0. The Morgan fingerprint density at radius 2 is 2.00 bits per heavy atom. The summed E-state index contributed by atoms with van der Waals surface area (Å²) in [5.74, 6) is 0.506. The minimum atomic E-state index is -1.04. The van der Waals surface area contributed by atoms with Crippen molar-refractivity contribution in [1.29, 1.82) is 10.5 Å². The van der Waals surface area contributed by atoms with E-state index in [2.05, 4.69) is 21.7 Å². The molecular formula is C22H21N5O3. The van der Waals surface area contributed by atoms with Crippen LogP contribution in [0.15, 0.2) is 47.5 Å². The van der Waals surface area contributed by atoms with Crippen LogP contribution in [-0.2, 0) is 0 Å². The highest BCUT2D eigenvalue weighted by atomic mass is 16.5. The molecule has 152 valence electrons. The third-order valence-corrected chi connectivity index (χ3v) is 4.82. The molecule has 0 aromatic heterocycles. The Balaban J connectivity index is 2.04. The van der Waals surface area contributed by atoms with Crippen molar-refractivity contribution in [3.8, 4) is 18.0 Å². The van der Waals surface area contributed by atoms with Gasteiger partial charge < -0.3 is 15.2 Å². The summed E-state index contributed by atoms with van der Waals surface area (Å²) in [4.78, 5) is 16.2. The Morgan fingerprint density at radius 3 is 2.67 bits per heavy atom. The quantitative estimate of drug-likeness (QED) is 0.236. The minimum absolute atomic E-state index is 0.0910. The maximum absolute atomic E-state index is 11.6. The smallest absolute Gasteiger partial charge is 0.209 e. The number of carbonyl (C=O) groups is 1. The molecule has 1 aliphatic rings. The predicted molar refractivity (Wildman–Crippen MR) is 111 cm³/mol. The average Bonchev–Trinajstić information content (AvgIpc) is 2.71. The fourth-order valence-corrected chi connectivity index (χ4v) is 3.22. The lowest BCUT2D eigenvalue weighted by Crippen LogP contribution is -2.49. The maximum Gasteiger partial charge on any atom is 0.209 e. The van der Waals surface area contributed by atoms with Crippen LogP contribution in [0.4, 0.5) is 5.69 Å². The Morgan fingerprint density at radius 1 is 1.23 bits per heavy atom. The van der Waals surface area contributed by atoms with Crippen LogP contribution in [0.3, 0.4) is 0 Å². The van der Waals surface area contributed by atoms with Crippen LogP contribution in [0.5, 0.6) is 5.75 Å². The van der Waals surface area contributed by atoms with E-state index in [4.69, 9.17) is 10.00 Å². The second kappa shape index (κ2) is 8.24. The monoisotopic (exact) mass is 403 g/mol. The molecule has 3 N–H and O–H groups in total. The van der Waals surface area contributed by atoms with E-state index in [0.29, 0.717) is 28.1 Å². The van der Waals surface area contributed by atoms with E-state index in [1.165, 1.54) is 6.92 Å². The van der Waals surface area contributed by atoms with Gasteiger partial charge in [0.1, 0.15) is 23.5 Å². The molecule has 30 heavy (non-hydrogen) atoms. The number of carbonyl (C=O) groups excluding carboxylic acids is 1. The van der Waals surface area contributed by atoms with Crippen molar-refractivity contribution in [2.45, 2.75) is 38.5 Å². The SMILES string of the molecule is CC(=O)c1cccc(NC(=N[C@@H]2c3cc(C#N)ccc3OC(C)(C)[C@H]2O)NC#N)c1. The number of Topliss-reactive ketones (excluding diaryl/α,β-unsaturated/α-hetero) is 1. The summed E-state index contributed by atoms with van der Waals surface area (Å²) in [6, 6.07) is 13.0. The zero-order chi connectivity index (χ0) is 21.9. The lowest BCUT2D eigenvalue weighted by molar-refractivity contribution is -0.0567. The molecule has 1 heterocycles. The van der Waals surface area contributed by atoms with Gasteiger partial charge >= 0.3 is 0 Å². The highest BCUT2D eigenvalue weighted by Crippen LogP contribution is 2.42. The number of rotatable bonds is 3. The largest absolute Gasteiger partial charge is 0.485 e. The molecule has 1 aliphatic heterocycles. The summed E-state index contributed by atoms with van der Waals surface area (Å²) in [6.07, 6.45) is 0.780. The number of nitrogens with one attached hydrogen (secondary N) is 2. The molecule has 2 aromatic rings. The molecule has 0 bridgehead atoms. The van der Waals surface area contributed by atoms with Gasteiger partial charge in [0, 0.05) is 16.8 Å². The molecule has 0 amide bonds. The van der Waals surface area contributed by atoms with Gasteiger partial charge in [-0.15, -0.1) is 0 Å². The second-order valence-corrected chi connectivity index (χ2v) is 7.44. The number of aliphatic hydroxyl groups excluding tert-OH is 1. The highest BCUT2D eigenvalue weighted by Gasteiger charge is 2.43. The first-order chi connectivity index (χ1) is 14.2. The number of hydrogen-bond acceptors (Lipinski definition) is 6. The van der Waals surface area contributed by atoms with Gasteiger partial charge in [0.25, 0.3) is 0 Å². The molecule has 0 saturated carbocycles. The average molecular weight is 403 g/mol. The van der Waals surface area contributed by atoms with Crippen molar-refractivity contribution in [2.75, 3.05) is 5.32 Å². The Bertz CT molecular complexity index is 1090. The van der Waals surface area contributed by atoms with E-state index in [1.807, 2.05) is 6.19 Å². The van der Waals surface area contributed by atoms with Gasteiger partial charge in [-0.3, -0.25) is 10.1 Å². The van der Waals surface area contributed by atoms with Gasteiger partial charge in [-0.05, 0) is 51.1 Å². The third kappa shape index (κ3) is 4.24. The third-order valence-electron chi connectivity index (χ3n) is 4.82. The number of nitriles is 2. The number of guanidine groups is 1. The minimum Gasteiger partial charge on any atom is -0.485 e. The molecule has 0 aliphatic carbocycles. The Hall–Kier alpha value is -3.88. The Kier molecular flexibility index (Phi) is 5.72. The van der Waals surface area contributed by atoms with Gasteiger partial charge in [-0.1, -0.05) is 12.1 Å². The lowest BCUT2D eigenvalue weighted by atomic mass is 9.86. The van der Waals surface area contributed by atoms with Crippen molar-refractivity contribution in [1.82, 2.24) is 5.32 Å². The number of benzene rings is 2. The summed E-state index contributed by atoms with van der Waals surface area (Å²) in [5.41, 5.74) is 1.06. The van der Waals surface area contributed by atoms with Crippen molar-refractivity contribution < 1.29 is 14.6 Å². The molecule has 2 aromatic carbocycles. The number of ether oxygens (including phenoxy) is 1. The molecule has 0 saturated heterocycles. The van der Waals surface area contributed by atoms with Crippen LogP contribution in [-0.4, -0.2) is 28.6 Å². The van der Waals surface area contributed by atoms with E-state index < -0.39 is 17.7 Å². The topological polar surface area (TPSA) is 131 Å². The summed E-state index contributed by atoms with van der Waals surface area (Å²) >= 11 is 0.